The third kappa shape index (κ3) is 5.12. The largest absolute Gasteiger partial charge is 0.371 e. The molecule has 1 N–H and O–H groups in total. The Morgan fingerprint density at radius 3 is 2.55 bits per heavy atom. The molecule has 1 aromatic rings. The average molecular weight is 277 g/mol. The molecule has 3 nitrogen and oxygen atoms in total. The molecule has 0 aliphatic heterocycles. The smallest absolute Gasteiger partial charge is 0.0442 e. The molecule has 0 radical (unpaired) electrons. The van der Waals surface area contributed by atoms with Crippen molar-refractivity contribution in [1.82, 2.24) is 10.3 Å². The van der Waals surface area contributed by atoms with Gasteiger partial charge in [0.25, 0.3) is 0 Å². The molecule has 0 unspecified atom stereocenters. The second-order valence-electron chi connectivity index (χ2n) is 5.40. The van der Waals surface area contributed by atoms with Crippen LogP contribution in [0.3, 0.4) is 0 Å². The fraction of sp³-hybridized carbons (Fsp3) is 0.706. The monoisotopic (exact) mass is 277 g/mol. The lowest BCUT2D eigenvalue weighted by molar-refractivity contribution is 0.485. The third-order valence-electron chi connectivity index (χ3n) is 3.98. The number of hydrogen-bond donors (Lipinski definition) is 1. The zero-order chi connectivity index (χ0) is 14.8. The molecule has 0 atom stereocenters. The molecule has 114 valence electrons. The molecule has 0 saturated heterocycles. The maximum absolute atomic E-state index is 4.29. The third-order valence-corrected chi connectivity index (χ3v) is 3.98. The number of pyridine rings is 1. The van der Waals surface area contributed by atoms with Gasteiger partial charge < -0.3 is 10.2 Å². The van der Waals surface area contributed by atoms with Gasteiger partial charge in [-0.2, -0.15) is 0 Å². The van der Waals surface area contributed by atoms with E-state index in [1.54, 1.807) is 0 Å². The molecule has 0 amide bonds. The van der Waals surface area contributed by atoms with Crippen LogP contribution < -0.4 is 10.2 Å². The van der Waals surface area contributed by atoms with Crippen molar-refractivity contribution in [3.8, 4) is 0 Å². The van der Waals surface area contributed by atoms with E-state index in [4.69, 9.17) is 0 Å². The van der Waals surface area contributed by atoms with Crippen LogP contribution in [0.4, 0.5) is 5.69 Å². The zero-order valence-electron chi connectivity index (χ0n) is 13.7. The van der Waals surface area contributed by atoms with E-state index in [9.17, 15) is 0 Å². The van der Waals surface area contributed by atoms with Crippen LogP contribution in [-0.4, -0.2) is 24.6 Å². The Morgan fingerprint density at radius 2 is 1.95 bits per heavy atom. The minimum atomic E-state index is 0.777. The number of aromatic nitrogens is 1. The normalized spacial score (nSPS) is 11.1. The van der Waals surface area contributed by atoms with Gasteiger partial charge in [-0.3, -0.25) is 4.98 Å². The van der Waals surface area contributed by atoms with E-state index in [2.05, 4.69) is 49.0 Å². The zero-order valence-corrected chi connectivity index (χ0v) is 13.7. The van der Waals surface area contributed by atoms with Crippen LogP contribution in [0, 0.1) is 5.92 Å². The molecule has 1 aromatic heterocycles. The fourth-order valence-electron chi connectivity index (χ4n) is 2.52. The predicted octanol–water partition coefficient (Wildman–Crippen LogP) is 3.84. The van der Waals surface area contributed by atoms with Gasteiger partial charge in [0.15, 0.2) is 0 Å². The highest BCUT2D eigenvalue weighted by atomic mass is 15.1. The highest BCUT2D eigenvalue weighted by Gasteiger charge is 2.13. The summed E-state index contributed by atoms with van der Waals surface area (Å²) in [6.45, 7) is 13.2. The SMILES string of the molecule is CCCNCc1cnccc1N(CC)CC(CC)CC. The first-order valence-electron chi connectivity index (χ1n) is 8.15. The summed E-state index contributed by atoms with van der Waals surface area (Å²) >= 11 is 0. The van der Waals surface area contributed by atoms with E-state index in [-0.39, 0.29) is 0 Å². The maximum atomic E-state index is 4.29. The molecular weight excluding hydrogens is 246 g/mol. The molecule has 1 rings (SSSR count). The number of anilines is 1. The van der Waals surface area contributed by atoms with Crippen molar-refractivity contribution in [1.29, 1.82) is 0 Å². The second-order valence-corrected chi connectivity index (χ2v) is 5.40. The van der Waals surface area contributed by atoms with Gasteiger partial charge in [-0.25, -0.2) is 0 Å². The van der Waals surface area contributed by atoms with Gasteiger partial charge in [0, 0.05) is 43.3 Å². The molecule has 3 heteroatoms. The molecule has 1 heterocycles. The van der Waals surface area contributed by atoms with E-state index >= 15 is 0 Å². The van der Waals surface area contributed by atoms with Crippen LogP contribution in [0.2, 0.25) is 0 Å². The minimum Gasteiger partial charge on any atom is -0.371 e. The van der Waals surface area contributed by atoms with Gasteiger partial charge in [-0.15, -0.1) is 0 Å². The topological polar surface area (TPSA) is 28.2 Å². The highest BCUT2D eigenvalue weighted by molar-refractivity contribution is 5.52. The Kier molecular flexibility index (Phi) is 8.28. The van der Waals surface area contributed by atoms with E-state index < -0.39 is 0 Å². The summed E-state index contributed by atoms with van der Waals surface area (Å²) in [6.07, 6.45) is 7.59. The fourth-order valence-corrected chi connectivity index (χ4v) is 2.52. The van der Waals surface area contributed by atoms with Crippen LogP contribution in [0.1, 0.15) is 52.5 Å². The van der Waals surface area contributed by atoms with Gasteiger partial charge in [-0.1, -0.05) is 33.6 Å². The van der Waals surface area contributed by atoms with E-state index in [1.165, 1.54) is 30.5 Å². The van der Waals surface area contributed by atoms with Crippen molar-refractivity contribution in [3.05, 3.63) is 24.0 Å². The van der Waals surface area contributed by atoms with Gasteiger partial charge in [-0.05, 0) is 31.9 Å². The van der Waals surface area contributed by atoms with Gasteiger partial charge in [0.05, 0.1) is 0 Å². The van der Waals surface area contributed by atoms with Crippen molar-refractivity contribution in [3.63, 3.8) is 0 Å². The quantitative estimate of drug-likeness (QED) is 0.659. The minimum absolute atomic E-state index is 0.777. The van der Waals surface area contributed by atoms with Crippen LogP contribution in [-0.2, 0) is 6.54 Å². The summed E-state index contributed by atoms with van der Waals surface area (Å²) in [5.74, 6) is 0.777. The standard InChI is InChI=1S/C17H31N3/c1-5-10-18-12-16-13-19-11-9-17(16)20(8-4)14-15(6-2)7-3/h9,11,13,15,18H,5-8,10,12,14H2,1-4H3. The first kappa shape index (κ1) is 17.0. The number of nitrogens with one attached hydrogen (secondary N) is 1. The van der Waals surface area contributed by atoms with Gasteiger partial charge in [0.1, 0.15) is 0 Å². The van der Waals surface area contributed by atoms with E-state index in [0.29, 0.717) is 0 Å². The second kappa shape index (κ2) is 9.76. The predicted molar refractivity (Wildman–Crippen MR) is 88.2 cm³/mol. The Bertz CT molecular complexity index is 361. The average Bonchev–Trinajstić information content (AvgIpc) is 2.50. The van der Waals surface area contributed by atoms with Crippen LogP contribution >= 0.6 is 0 Å². The lowest BCUT2D eigenvalue weighted by atomic mass is 10.0. The Hall–Kier alpha value is -1.09. The summed E-state index contributed by atoms with van der Waals surface area (Å²) in [5, 5.41) is 3.49. The van der Waals surface area contributed by atoms with Crippen LogP contribution in [0.25, 0.3) is 0 Å². The molecule has 0 aromatic carbocycles. The first-order chi connectivity index (χ1) is 9.76. The van der Waals surface area contributed by atoms with Crippen LogP contribution in [0.5, 0.6) is 0 Å². The summed E-state index contributed by atoms with van der Waals surface area (Å²) in [6, 6.07) is 2.16. The van der Waals surface area contributed by atoms with Crippen LogP contribution in [0.15, 0.2) is 18.5 Å². The molecule has 0 fully saturated rings. The van der Waals surface area contributed by atoms with Crippen molar-refractivity contribution in [2.24, 2.45) is 5.92 Å². The number of nitrogens with zero attached hydrogens (tertiary/aromatic N) is 2. The lowest BCUT2D eigenvalue weighted by Gasteiger charge is -2.29. The number of rotatable bonds is 10. The van der Waals surface area contributed by atoms with Gasteiger partial charge in [0.2, 0.25) is 0 Å². The summed E-state index contributed by atoms with van der Waals surface area (Å²) in [4.78, 5) is 6.80. The molecule has 20 heavy (non-hydrogen) atoms. The maximum Gasteiger partial charge on any atom is 0.0442 e. The molecule has 0 aliphatic carbocycles. The molecule has 0 bridgehead atoms. The Labute approximate surface area is 124 Å². The van der Waals surface area contributed by atoms with Crippen molar-refractivity contribution in [2.75, 3.05) is 24.5 Å². The van der Waals surface area contributed by atoms with E-state index in [1.807, 2.05) is 12.4 Å². The lowest BCUT2D eigenvalue weighted by Crippen LogP contribution is -2.30. The number of hydrogen-bond acceptors (Lipinski definition) is 3. The summed E-state index contributed by atoms with van der Waals surface area (Å²) < 4.78 is 0. The molecule has 0 spiro atoms. The highest BCUT2D eigenvalue weighted by Crippen LogP contribution is 2.22. The molecule has 0 aliphatic rings. The Balaban J connectivity index is 2.79. The van der Waals surface area contributed by atoms with Crippen molar-refractivity contribution < 1.29 is 0 Å². The summed E-state index contributed by atoms with van der Waals surface area (Å²) in [5.41, 5.74) is 2.66. The molecular formula is C17H31N3. The van der Waals surface area contributed by atoms with E-state index in [0.717, 1.165) is 32.1 Å². The van der Waals surface area contributed by atoms with Gasteiger partial charge >= 0.3 is 0 Å². The van der Waals surface area contributed by atoms with Crippen molar-refractivity contribution in [2.45, 2.75) is 53.5 Å². The Morgan fingerprint density at radius 1 is 1.20 bits per heavy atom. The summed E-state index contributed by atoms with van der Waals surface area (Å²) in [7, 11) is 0. The molecule has 0 saturated carbocycles. The van der Waals surface area contributed by atoms with Crippen molar-refractivity contribution >= 4 is 5.69 Å². The first-order valence-corrected chi connectivity index (χ1v) is 8.15.